The molecule has 0 aliphatic carbocycles. The summed E-state index contributed by atoms with van der Waals surface area (Å²) in [5, 5.41) is 12.0. The number of carbonyl (C=O) groups is 1. The second-order valence-corrected chi connectivity index (χ2v) is 8.09. The number of nitrogens with one attached hydrogen (secondary N) is 2. The molecule has 0 saturated carbocycles. The maximum atomic E-state index is 12.9. The molecule has 1 aromatic heterocycles. The highest BCUT2D eigenvalue weighted by Gasteiger charge is 2.14. The van der Waals surface area contributed by atoms with Crippen molar-refractivity contribution in [3.63, 3.8) is 0 Å². The van der Waals surface area contributed by atoms with Gasteiger partial charge in [0.1, 0.15) is 0 Å². The number of hydrogen-bond acceptors (Lipinski definition) is 5. The van der Waals surface area contributed by atoms with E-state index in [1.54, 1.807) is 6.08 Å². The normalized spacial score (nSPS) is 11.0. The first-order chi connectivity index (χ1) is 16.1. The van der Waals surface area contributed by atoms with Crippen molar-refractivity contribution >= 4 is 47.1 Å². The molecule has 0 atom stereocenters. The van der Waals surface area contributed by atoms with Gasteiger partial charge in [0.2, 0.25) is 11.9 Å². The fraction of sp³-hybridized carbons (Fsp3) is 0.0800. The van der Waals surface area contributed by atoms with Crippen LogP contribution in [0.2, 0.25) is 10.0 Å². The van der Waals surface area contributed by atoms with Crippen LogP contribution in [0.5, 0.6) is 0 Å². The van der Waals surface area contributed by atoms with Crippen molar-refractivity contribution in [2.24, 2.45) is 0 Å². The van der Waals surface area contributed by atoms with Gasteiger partial charge in [-0.15, -0.1) is 5.10 Å². The molecule has 8 heteroatoms. The molecule has 0 unspecified atom stereocenters. The molecule has 0 amide bonds. The van der Waals surface area contributed by atoms with E-state index in [-0.39, 0.29) is 5.91 Å². The van der Waals surface area contributed by atoms with Gasteiger partial charge in [0.05, 0.1) is 0 Å². The van der Waals surface area contributed by atoms with E-state index in [1.807, 2.05) is 78.9 Å². The lowest BCUT2D eigenvalue weighted by molar-refractivity contribution is 0.0957. The molecule has 0 saturated heterocycles. The van der Waals surface area contributed by atoms with E-state index >= 15 is 0 Å². The average molecular weight is 478 g/mol. The number of anilines is 2. The van der Waals surface area contributed by atoms with E-state index in [4.69, 9.17) is 23.2 Å². The molecule has 0 aliphatic rings. The highest BCUT2D eigenvalue weighted by molar-refractivity contribution is 6.30. The monoisotopic (exact) mass is 477 g/mol. The number of benzene rings is 3. The SMILES string of the molecule is O=C(/C=C/c1ccccc1)n1nc(NCc2cccc(Cl)c2)nc1NCc1cccc(Cl)c1. The molecule has 0 fully saturated rings. The van der Waals surface area contributed by atoms with Crippen LogP contribution in [0.1, 0.15) is 21.5 Å². The Hall–Kier alpha value is -3.61. The third-order valence-corrected chi connectivity index (χ3v) is 5.18. The standard InChI is InChI=1S/C25H21Cl2N5O/c26-21-10-4-8-19(14-21)16-28-24-30-25(29-17-20-9-5-11-22(27)15-20)32(31-24)23(33)13-12-18-6-2-1-3-7-18/h1-15H,16-17H2,(H2,28,29,30,31)/b13-12+. The lowest BCUT2D eigenvalue weighted by Crippen LogP contribution is -2.14. The van der Waals surface area contributed by atoms with Crippen LogP contribution in [0.15, 0.2) is 84.9 Å². The summed E-state index contributed by atoms with van der Waals surface area (Å²) >= 11 is 12.1. The molecule has 2 N–H and O–H groups in total. The zero-order valence-corrected chi connectivity index (χ0v) is 19.1. The van der Waals surface area contributed by atoms with Gasteiger partial charge in [-0.1, -0.05) is 77.8 Å². The molecule has 4 rings (SSSR count). The van der Waals surface area contributed by atoms with Crippen molar-refractivity contribution in [3.05, 3.63) is 112 Å². The largest absolute Gasteiger partial charge is 0.350 e. The maximum Gasteiger partial charge on any atom is 0.274 e. The summed E-state index contributed by atoms with van der Waals surface area (Å²) in [6.07, 6.45) is 3.21. The summed E-state index contributed by atoms with van der Waals surface area (Å²) in [6.45, 7) is 0.898. The third kappa shape index (κ3) is 6.44. The van der Waals surface area contributed by atoms with E-state index in [9.17, 15) is 4.79 Å². The van der Waals surface area contributed by atoms with Crippen LogP contribution in [0.25, 0.3) is 6.08 Å². The number of nitrogens with zero attached hydrogens (tertiary/aromatic N) is 3. The highest BCUT2D eigenvalue weighted by atomic mass is 35.5. The van der Waals surface area contributed by atoms with Crippen molar-refractivity contribution < 1.29 is 4.79 Å². The zero-order chi connectivity index (χ0) is 23.0. The van der Waals surface area contributed by atoms with Crippen molar-refractivity contribution in [3.8, 4) is 0 Å². The second-order valence-electron chi connectivity index (χ2n) is 7.22. The minimum absolute atomic E-state index is 0.323. The molecule has 0 spiro atoms. The van der Waals surface area contributed by atoms with Gasteiger partial charge >= 0.3 is 0 Å². The molecule has 3 aromatic carbocycles. The van der Waals surface area contributed by atoms with Crippen molar-refractivity contribution in [1.29, 1.82) is 0 Å². The van der Waals surface area contributed by atoms with Crippen LogP contribution in [-0.4, -0.2) is 20.7 Å². The summed E-state index contributed by atoms with van der Waals surface area (Å²) in [7, 11) is 0. The summed E-state index contributed by atoms with van der Waals surface area (Å²) < 4.78 is 1.24. The van der Waals surface area contributed by atoms with Crippen LogP contribution < -0.4 is 10.6 Å². The van der Waals surface area contributed by atoms with E-state index in [2.05, 4.69) is 20.7 Å². The molecule has 33 heavy (non-hydrogen) atoms. The molecule has 166 valence electrons. The van der Waals surface area contributed by atoms with Gasteiger partial charge in [0, 0.05) is 29.2 Å². The Morgan fingerprint density at radius 2 is 1.48 bits per heavy atom. The Balaban J connectivity index is 1.53. The molecule has 0 radical (unpaired) electrons. The van der Waals surface area contributed by atoms with Gasteiger partial charge in [-0.2, -0.15) is 9.67 Å². The van der Waals surface area contributed by atoms with Crippen LogP contribution in [0, 0.1) is 0 Å². The lowest BCUT2D eigenvalue weighted by Gasteiger charge is -2.06. The van der Waals surface area contributed by atoms with Gasteiger partial charge in [-0.05, 0) is 47.0 Å². The molecular formula is C25H21Cl2N5O. The molecule has 1 heterocycles. The Kier molecular flexibility index (Phi) is 7.40. The number of halogens is 2. The van der Waals surface area contributed by atoms with E-state index < -0.39 is 0 Å². The van der Waals surface area contributed by atoms with Crippen LogP contribution >= 0.6 is 23.2 Å². The number of allylic oxidation sites excluding steroid dienone is 1. The predicted molar refractivity (Wildman–Crippen MR) is 134 cm³/mol. The summed E-state index contributed by atoms with van der Waals surface area (Å²) in [4.78, 5) is 17.4. The topological polar surface area (TPSA) is 71.8 Å². The number of rotatable bonds is 8. The van der Waals surface area contributed by atoms with Crippen LogP contribution in [0.3, 0.4) is 0 Å². The summed E-state index contributed by atoms with van der Waals surface area (Å²) in [5.41, 5.74) is 2.85. The fourth-order valence-corrected chi connectivity index (χ4v) is 3.54. The van der Waals surface area contributed by atoms with E-state index in [0.29, 0.717) is 35.0 Å². The Bertz CT molecular complexity index is 1270. The molecular weight excluding hydrogens is 457 g/mol. The Morgan fingerprint density at radius 3 is 2.12 bits per heavy atom. The number of aromatic nitrogens is 3. The highest BCUT2D eigenvalue weighted by Crippen LogP contribution is 2.16. The van der Waals surface area contributed by atoms with E-state index in [1.165, 1.54) is 10.8 Å². The van der Waals surface area contributed by atoms with Crippen LogP contribution in [0.4, 0.5) is 11.9 Å². The van der Waals surface area contributed by atoms with Gasteiger partial charge < -0.3 is 10.6 Å². The molecule has 4 aromatic rings. The van der Waals surface area contributed by atoms with Gasteiger partial charge in [0.15, 0.2) is 0 Å². The minimum Gasteiger partial charge on any atom is -0.350 e. The first-order valence-electron chi connectivity index (χ1n) is 10.3. The van der Waals surface area contributed by atoms with Crippen molar-refractivity contribution in [2.45, 2.75) is 13.1 Å². The maximum absolute atomic E-state index is 12.9. The zero-order valence-electron chi connectivity index (χ0n) is 17.6. The molecule has 0 aliphatic heterocycles. The first-order valence-corrected chi connectivity index (χ1v) is 11.0. The quantitative estimate of drug-likeness (QED) is 0.297. The van der Waals surface area contributed by atoms with Gasteiger partial charge in [-0.25, -0.2) is 0 Å². The minimum atomic E-state index is -0.323. The summed E-state index contributed by atoms with van der Waals surface area (Å²) in [6, 6.07) is 24.5. The van der Waals surface area contributed by atoms with Gasteiger partial charge in [0.25, 0.3) is 5.91 Å². The smallest absolute Gasteiger partial charge is 0.274 e. The second kappa shape index (κ2) is 10.8. The number of carbonyl (C=O) groups excluding carboxylic acids is 1. The summed E-state index contributed by atoms with van der Waals surface area (Å²) in [5.74, 6) is 0.326. The van der Waals surface area contributed by atoms with E-state index in [0.717, 1.165) is 16.7 Å². The Labute approximate surface area is 201 Å². The predicted octanol–water partition coefficient (Wildman–Crippen LogP) is 6.16. The van der Waals surface area contributed by atoms with Gasteiger partial charge in [-0.3, -0.25) is 4.79 Å². The fourth-order valence-electron chi connectivity index (χ4n) is 3.11. The van der Waals surface area contributed by atoms with Crippen molar-refractivity contribution in [1.82, 2.24) is 14.8 Å². The van der Waals surface area contributed by atoms with Crippen molar-refractivity contribution in [2.75, 3.05) is 10.6 Å². The van der Waals surface area contributed by atoms with Crippen LogP contribution in [-0.2, 0) is 13.1 Å². The Morgan fingerprint density at radius 1 is 0.848 bits per heavy atom. The molecule has 6 nitrogen and oxygen atoms in total. The molecule has 0 bridgehead atoms. The number of hydrogen-bond donors (Lipinski definition) is 2. The average Bonchev–Trinajstić information content (AvgIpc) is 3.24. The third-order valence-electron chi connectivity index (χ3n) is 4.71. The first kappa shape index (κ1) is 22.6. The lowest BCUT2D eigenvalue weighted by atomic mass is 10.2.